The summed E-state index contributed by atoms with van der Waals surface area (Å²) in [6.07, 6.45) is 9.87. The monoisotopic (exact) mass is 611 g/mol. The number of carbonyl (C=O) groups is 2. The minimum Gasteiger partial charge on any atom is -0.550 e. The first-order valence-corrected chi connectivity index (χ1v) is 13.9. The van der Waals surface area contributed by atoms with Gasteiger partial charge in [-0.05, 0) is 99.6 Å². The smallest absolute Gasteiger partial charge is 0.550 e. The number of carboxylic acids is 2. The normalized spacial score (nSPS) is 17.8. The zero-order valence-corrected chi connectivity index (χ0v) is 26.0. The number of aliphatic carboxylic acids is 2. The zero-order chi connectivity index (χ0) is 30.2. The number of benzene rings is 2. The molecule has 9 heteroatoms. The molecule has 1 aliphatic rings. The third kappa shape index (κ3) is 14.9. The number of nitrogens with zero attached hydrogens (tertiary/aromatic N) is 2. The number of aromatic hydroxyl groups is 2. The summed E-state index contributed by atoms with van der Waals surface area (Å²) >= 11 is 0. The first-order valence-electron chi connectivity index (χ1n) is 13.9. The summed E-state index contributed by atoms with van der Waals surface area (Å²) in [7, 11) is 0. The molecule has 8 nitrogen and oxygen atoms in total. The van der Waals surface area contributed by atoms with E-state index in [2.05, 4.69) is 39.8 Å². The summed E-state index contributed by atoms with van der Waals surface area (Å²) in [5, 5.41) is 38.3. The molecular weight excluding hydrogens is 567 g/mol. The third-order valence-electron chi connectivity index (χ3n) is 6.93. The molecule has 4 unspecified atom stereocenters. The Morgan fingerprint density at radius 1 is 0.829 bits per heavy atom. The minimum atomic E-state index is -1.08. The van der Waals surface area contributed by atoms with Gasteiger partial charge in [0.25, 0.3) is 0 Å². The van der Waals surface area contributed by atoms with E-state index in [1.165, 1.54) is 11.1 Å². The molecule has 2 N–H and O–H groups in total. The molecule has 0 heterocycles. The van der Waals surface area contributed by atoms with Gasteiger partial charge in [-0.3, -0.25) is 9.98 Å². The molecule has 1 aliphatic carbocycles. The van der Waals surface area contributed by atoms with Gasteiger partial charge in [0.15, 0.2) is 0 Å². The van der Waals surface area contributed by atoms with E-state index in [4.69, 9.17) is 29.8 Å². The number of aliphatic imine (C=N–C) groups is 2. The summed E-state index contributed by atoms with van der Waals surface area (Å²) in [5.74, 6) is -0.677. The predicted molar refractivity (Wildman–Crippen MR) is 156 cm³/mol. The van der Waals surface area contributed by atoms with Crippen LogP contribution in [-0.2, 0) is 26.4 Å². The van der Waals surface area contributed by atoms with Crippen LogP contribution in [0.25, 0.3) is 0 Å². The van der Waals surface area contributed by atoms with Crippen molar-refractivity contribution in [2.75, 3.05) is 0 Å². The van der Waals surface area contributed by atoms with Crippen LogP contribution in [0.1, 0.15) is 114 Å². The average Bonchev–Trinajstić information content (AvgIpc) is 2.91. The summed E-state index contributed by atoms with van der Waals surface area (Å²) < 4.78 is 0. The Hall–Kier alpha value is -3.17. The summed E-state index contributed by atoms with van der Waals surface area (Å²) in [4.78, 5) is 27.4. The third-order valence-corrected chi connectivity index (χ3v) is 6.93. The van der Waals surface area contributed by atoms with Crippen molar-refractivity contribution in [2.24, 2.45) is 9.98 Å². The van der Waals surface area contributed by atoms with E-state index in [0.29, 0.717) is 11.8 Å². The van der Waals surface area contributed by atoms with Crippen molar-refractivity contribution < 1.29 is 46.8 Å². The van der Waals surface area contributed by atoms with Crippen LogP contribution in [0, 0.1) is 0 Å². The fraction of sp³-hybridized carbons (Fsp3) is 0.500. The van der Waals surface area contributed by atoms with Gasteiger partial charge in [0.1, 0.15) is 11.5 Å². The first kappa shape index (κ1) is 37.8. The van der Waals surface area contributed by atoms with Crippen LogP contribution in [0.2, 0.25) is 0 Å². The summed E-state index contributed by atoms with van der Waals surface area (Å²) in [6, 6.07) is 12.1. The van der Waals surface area contributed by atoms with Crippen LogP contribution in [0.3, 0.4) is 0 Å². The van der Waals surface area contributed by atoms with E-state index < -0.39 is 11.9 Å². The van der Waals surface area contributed by atoms with E-state index in [1.807, 2.05) is 24.6 Å². The molecule has 0 aliphatic heterocycles. The Morgan fingerprint density at radius 3 is 1.49 bits per heavy atom. The van der Waals surface area contributed by atoms with Crippen molar-refractivity contribution in [1.29, 1.82) is 0 Å². The second-order valence-electron chi connectivity index (χ2n) is 10.3. The van der Waals surface area contributed by atoms with Gasteiger partial charge in [0.2, 0.25) is 0 Å². The Morgan fingerprint density at radius 2 is 1.17 bits per heavy atom. The maximum Gasteiger partial charge on any atom is 2.00 e. The summed E-state index contributed by atoms with van der Waals surface area (Å²) in [5.41, 5.74) is 4.05. The minimum absolute atomic E-state index is 0. The van der Waals surface area contributed by atoms with E-state index in [1.54, 1.807) is 12.1 Å². The molecule has 1 fully saturated rings. The fourth-order valence-corrected chi connectivity index (χ4v) is 4.22. The van der Waals surface area contributed by atoms with E-state index in [0.717, 1.165) is 63.5 Å². The zero-order valence-electron chi connectivity index (χ0n) is 24.9. The van der Waals surface area contributed by atoms with Crippen molar-refractivity contribution in [1.82, 2.24) is 0 Å². The Bertz CT molecular complexity index is 1060. The topological polar surface area (TPSA) is 145 Å². The predicted octanol–water partition coefficient (Wildman–Crippen LogP) is 4.48. The van der Waals surface area contributed by atoms with E-state index in [-0.39, 0.29) is 40.4 Å². The molecule has 0 aromatic heterocycles. The van der Waals surface area contributed by atoms with Crippen molar-refractivity contribution in [2.45, 2.75) is 104 Å². The van der Waals surface area contributed by atoms with E-state index >= 15 is 0 Å². The van der Waals surface area contributed by atoms with E-state index in [9.17, 15) is 10.2 Å². The van der Waals surface area contributed by atoms with Crippen molar-refractivity contribution >= 4 is 24.4 Å². The summed E-state index contributed by atoms with van der Waals surface area (Å²) in [6.45, 7) is 10.7. The number of hydrogen-bond donors (Lipinski definition) is 2. The standard InChI is InChI=1S/C28H38N2O2.2C2H4O2.Co/c1-5-19(3)21-10-12-27(31)23(14-21)17-29-25-8-7-9-26(16-25)30-18-24-15-22(20(4)6-2)11-13-28(24)32;2*1-2(3)4;/h10-15,17-20,25-26,31-32H,5-9,16H2,1-4H3;2*1H3,(H,3,4);/q;;;+2/p-2. The number of carboxylic acid groups (broad SMARTS) is 2. The molecule has 227 valence electrons. The van der Waals surface area contributed by atoms with Gasteiger partial charge in [-0.2, -0.15) is 0 Å². The molecule has 4 atom stereocenters. The van der Waals surface area contributed by atoms with Crippen LogP contribution in [0.4, 0.5) is 0 Å². The van der Waals surface area contributed by atoms with Gasteiger partial charge in [-0.1, -0.05) is 39.8 Å². The van der Waals surface area contributed by atoms with Gasteiger partial charge in [-0.25, -0.2) is 0 Å². The molecule has 0 bridgehead atoms. The SMILES string of the molecule is CC(=O)[O-].CC(=O)[O-].CCC(C)c1ccc(O)c(C=NC2CCCC(N=Cc3cc(C(C)CC)ccc3O)C2)c1.[Co+2]. The van der Waals surface area contributed by atoms with Crippen molar-refractivity contribution in [3.05, 3.63) is 58.7 Å². The second kappa shape index (κ2) is 19.8. The first-order chi connectivity index (χ1) is 18.9. The average molecular weight is 612 g/mol. The number of carbonyl (C=O) groups excluding carboxylic acids is 2. The number of rotatable bonds is 8. The van der Waals surface area contributed by atoms with Gasteiger partial charge < -0.3 is 30.0 Å². The molecule has 3 rings (SSSR count). The van der Waals surface area contributed by atoms with Crippen LogP contribution in [-0.4, -0.2) is 46.7 Å². The molecule has 2 aromatic rings. The number of phenols is 2. The maximum atomic E-state index is 10.2. The molecule has 0 spiro atoms. The van der Waals surface area contributed by atoms with Gasteiger partial charge in [0, 0.05) is 35.5 Å². The fourth-order valence-electron chi connectivity index (χ4n) is 4.22. The van der Waals surface area contributed by atoms with Crippen molar-refractivity contribution in [3.63, 3.8) is 0 Å². The Labute approximate surface area is 254 Å². The van der Waals surface area contributed by atoms with Gasteiger partial charge in [-0.15, -0.1) is 0 Å². The maximum absolute atomic E-state index is 10.2. The molecule has 41 heavy (non-hydrogen) atoms. The van der Waals surface area contributed by atoms with Crippen LogP contribution in [0.5, 0.6) is 11.5 Å². The second-order valence-corrected chi connectivity index (χ2v) is 10.3. The molecule has 0 amide bonds. The van der Waals surface area contributed by atoms with Crippen LogP contribution >= 0.6 is 0 Å². The van der Waals surface area contributed by atoms with Crippen molar-refractivity contribution in [3.8, 4) is 11.5 Å². The molecule has 1 saturated carbocycles. The number of hydrogen-bond acceptors (Lipinski definition) is 8. The Kier molecular flexibility index (Phi) is 18.3. The Balaban J connectivity index is 0.00000158. The largest absolute Gasteiger partial charge is 2.00 e. The molecular formula is C32H44CoN2O6. The molecule has 2 aromatic carbocycles. The molecule has 0 saturated heterocycles. The van der Waals surface area contributed by atoms with Crippen LogP contribution < -0.4 is 10.2 Å². The van der Waals surface area contributed by atoms with Crippen LogP contribution in [0.15, 0.2) is 46.4 Å². The van der Waals surface area contributed by atoms with Gasteiger partial charge >= 0.3 is 16.8 Å². The quantitative estimate of drug-likeness (QED) is 0.421. The number of phenolic OH excluding ortho intramolecular Hbond substituents is 2. The van der Waals surface area contributed by atoms with Gasteiger partial charge in [0.05, 0.1) is 12.1 Å². The molecule has 1 radical (unpaired) electrons.